The molecule has 0 unspecified atom stereocenters. The molecule has 0 spiro atoms. The molecule has 0 bridgehead atoms. The van der Waals surface area contributed by atoms with Gasteiger partial charge in [-0.1, -0.05) is 35.3 Å². The maximum atomic E-state index is 12.2. The largest absolute Gasteiger partial charge is 0.320 e. The zero-order valence-electron chi connectivity index (χ0n) is 10.0. The molecule has 2 rings (SSSR count). The van der Waals surface area contributed by atoms with E-state index in [1.807, 2.05) is 19.1 Å². The van der Waals surface area contributed by atoms with Crippen molar-refractivity contribution >= 4 is 50.7 Å². The summed E-state index contributed by atoms with van der Waals surface area (Å²) >= 11 is 15.2. The highest BCUT2D eigenvalue weighted by atomic mass is 79.9. The van der Waals surface area contributed by atoms with Crippen LogP contribution >= 0.6 is 39.1 Å². The van der Waals surface area contributed by atoms with Gasteiger partial charge in [0.05, 0.1) is 16.3 Å². The third-order valence-corrected chi connectivity index (χ3v) is 3.84. The van der Waals surface area contributed by atoms with Crippen molar-refractivity contribution < 1.29 is 4.79 Å². The van der Waals surface area contributed by atoms with Gasteiger partial charge in [-0.15, -0.1) is 0 Å². The third kappa shape index (κ3) is 3.30. The van der Waals surface area contributed by atoms with Crippen molar-refractivity contribution in [3.8, 4) is 0 Å². The molecule has 2 nitrogen and oxygen atoms in total. The lowest BCUT2D eigenvalue weighted by Gasteiger charge is -2.11. The van der Waals surface area contributed by atoms with Crippen molar-refractivity contribution in [1.29, 1.82) is 0 Å². The fraction of sp³-hybridized carbons (Fsp3) is 0.0714. The van der Waals surface area contributed by atoms with Crippen molar-refractivity contribution in [2.24, 2.45) is 0 Å². The molecule has 0 aliphatic rings. The van der Waals surface area contributed by atoms with Gasteiger partial charge >= 0.3 is 0 Å². The number of halogens is 3. The summed E-state index contributed by atoms with van der Waals surface area (Å²) in [5.74, 6) is -0.236. The van der Waals surface area contributed by atoms with E-state index < -0.39 is 0 Å². The van der Waals surface area contributed by atoms with E-state index in [2.05, 4.69) is 21.2 Å². The lowest BCUT2D eigenvalue weighted by Crippen LogP contribution is -2.13. The average molecular weight is 359 g/mol. The summed E-state index contributed by atoms with van der Waals surface area (Å²) in [6.07, 6.45) is 0. The second-order valence-corrected chi connectivity index (χ2v) is 5.71. The van der Waals surface area contributed by atoms with E-state index in [4.69, 9.17) is 23.2 Å². The molecule has 5 heteroatoms. The van der Waals surface area contributed by atoms with Crippen molar-refractivity contribution in [1.82, 2.24) is 0 Å². The van der Waals surface area contributed by atoms with Gasteiger partial charge in [0.2, 0.25) is 0 Å². The van der Waals surface area contributed by atoms with Crippen LogP contribution < -0.4 is 5.32 Å². The Kier molecular flexibility index (Phi) is 4.50. The Balaban J connectivity index is 2.31. The number of hydrogen-bond acceptors (Lipinski definition) is 1. The first kappa shape index (κ1) is 14.4. The van der Waals surface area contributed by atoms with Crippen LogP contribution in [-0.4, -0.2) is 5.91 Å². The van der Waals surface area contributed by atoms with Crippen LogP contribution in [0.25, 0.3) is 0 Å². The van der Waals surface area contributed by atoms with Gasteiger partial charge in [0.15, 0.2) is 0 Å². The Morgan fingerprint density at radius 1 is 1.21 bits per heavy atom. The van der Waals surface area contributed by atoms with Crippen LogP contribution in [0.2, 0.25) is 10.0 Å². The highest BCUT2D eigenvalue weighted by Gasteiger charge is 2.13. The highest BCUT2D eigenvalue weighted by Crippen LogP contribution is 2.27. The normalized spacial score (nSPS) is 10.3. The standard InChI is InChI=1S/C14H10BrCl2NO/c1-8-3-2-4-12(17)13(8)18-14(19)10-6-5-9(16)7-11(10)15/h2-7H,1H3,(H,18,19). The Bertz CT molecular complexity index is 623. The molecule has 0 fully saturated rings. The first-order chi connectivity index (χ1) is 8.99. The van der Waals surface area contributed by atoms with E-state index in [0.29, 0.717) is 25.8 Å². The molecule has 0 heterocycles. The second-order valence-electron chi connectivity index (χ2n) is 4.01. The number of para-hydroxylation sites is 1. The van der Waals surface area contributed by atoms with Crippen molar-refractivity contribution in [3.05, 3.63) is 62.0 Å². The molecule has 0 saturated carbocycles. The Morgan fingerprint density at radius 3 is 2.58 bits per heavy atom. The molecule has 2 aromatic carbocycles. The van der Waals surface area contributed by atoms with E-state index in [1.54, 1.807) is 24.3 Å². The smallest absolute Gasteiger partial charge is 0.256 e. The molecule has 19 heavy (non-hydrogen) atoms. The summed E-state index contributed by atoms with van der Waals surface area (Å²) in [6.45, 7) is 1.89. The van der Waals surface area contributed by atoms with Crippen LogP contribution in [0.1, 0.15) is 15.9 Å². The predicted molar refractivity (Wildman–Crippen MR) is 83.3 cm³/mol. The monoisotopic (exact) mass is 357 g/mol. The predicted octanol–water partition coefficient (Wildman–Crippen LogP) is 5.32. The number of carbonyl (C=O) groups excluding carboxylic acids is 1. The summed E-state index contributed by atoms with van der Waals surface area (Å²) < 4.78 is 0.641. The summed E-state index contributed by atoms with van der Waals surface area (Å²) in [7, 11) is 0. The first-order valence-electron chi connectivity index (χ1n) is 5.50. The molecule has 0 radical (unpaired) electrons. The maximum absolute atomic E-state index is 12.2. The topological polar surface area (TPSA) is 29.1 Å². The number of hydrogen-bond donors (Lipinski definition) is 1. The molecule has 1 N–H and O–H groups in total. The third-order valence-electron chi connectivity index (χ3n) is 2.64. The molecule has 0 aliphatic heterocycles. The van der Waals surface area contributed by atoms with Crippen molar-refractivity contribution in [2.75, 3.05) is 5.32 Å². The Hall–Kier alpha value is -1.03. The highest BCUT2D eigenvalue weighted by molar-refractivity contribution is 9.10. The van der Waals surface area contributed by atoms with Crippen molar-refractivity contribution in [2.45, 2.75) is 6.92 Å². The molecule has 0 saturated heterocycles. The molecule has 0 atom stereocenters. The summed E-state index contributed by atoms with van der Waals surface area (Å²) in [5.41, 5.74) is 2.03. The van der Waals surface area contributed by atoms with E-state index >= 15 is 0 Å². The van der Waals surface area contributed by atoms with Crippen LogP contribution in [0.4, 0.5) is 5.69 Å². The number of aryl methyl sites for hydroxylation is 1. The zero-order valence-corrected chi connectivity index (χ0v) is 13.1. The van der Waals surface area contributed by atoms with Gasteiger partial charge in [-0.2, -0.15) is 0 Å². The van der Waals surface area contributed by atoms with Crippen molar-refractivity contribution in [3.63, 3.8) is 0 Å². The van der Waals surface area contributed by atoms with Gasteiger partial charge in [0, 0.05) is 9.50 Å². The minimum Gasteiger partial charge on any atom is -0.320 e. The molecular weight excluding hydrogens is 349 g/mol. The lowest BCUT2D eigenvalue weighted by molar-refractivity contribution is 0.102. The van der Waals surface area contributed by atoms with Crippen LogP contribution in [-0.2, 0) is 0 Å². The van der Waals surface area contributed by atoms with Gasteiger partial charge in [0.1, 0.15) is 0 Å². The number of anilines is 1. The van der Waals surface area contributed by atoms with Gasteiger partial charge in [0.25, 0.3) is 5.91 Å². The van der Waals surface area contributed by atoms with Gasteiger partial charge < -0.3 is 5.32 Å². The summed E-state index contributed by atoms with van der Waals surface area (Å²) in [5, 5.41) is 3.89. The fourth-order valence-corrected chi connectivity index (χ4v) is 2.78. The quantitative estimate of drug-likeness (QED) is 0.773. The number of benzene rings is 2. The van der Waals surface area contributed by atoms with Gasteiger partial charge in [-0.3, -0.25) is 4.79 Å². The Labute approximate surface area is 129 Å². The van der Waals surface area contributed by atoms with E-state index in [0.717, 1.165) is 5.56 Å². The van der Waals surface area contributed by atoms with E-state index in [-0.39, 0.29) is 5.91 Å². The number of carbonyl (C=O) groups is 1. The number of amides is 1. The molecule has 1 amide bonds. The molecular formula is C14H10BrCl2NO. The van der Waals surface area contributed by atoms with E-state index in [1.165, 1.54) is 0 Å². The average Bonchev–Trinajstić information content (AvgIpc) is 2.33. The second kappa shape index (κ2) is 5.95. The van der Waals surface area contributed by atoms with Crippen LogP contribution in [0.3, 0.4) is 0 Å². The molecule has 0 aliphatic carbocycles. The Morgan fingerprint density at radius 2 is 1.95 bits per heavy atom. The maximum Gasteiger partial charge on any atom is 0.256 e. The summed E-state index contributed by atoms with van der Waals surface area (Å²) in [4.78, 5) is 12.2. The molecule has 0 aromatic heterocycles. The van der Waals surface area contributed by atoms with Gasteiger partial charge in [-0.05, 0) is 52.7 Å². The number of rotatable bonds is 2. The lowest BCUT2D eigenvalue weighted by atomic mass is 10.1. The SMILES string of the molecule is Cc1cccc(Cl)c1NC(=O)c1ccc(Cl)cc1Br. The van der Waals surface area contributed by atoms with Crippen LogP contribution in [0.15, 0.2) is 40.9 Å². The zero-order chi connectivity index (χ0) is 14.0. The molecule has 2 aromatic rings. The number of nitrogens with one attached hydrogen (secondary N) is 1. The van der Waals surface area contributed by atoms with Crippen LogP contribution in [0.5, 0.6) is 0 Å². The minimum atomic E-state index is -0.236. The van der Waals surface area contributed by atoms with E-state index in [9.17, 15) is 4.79 Å². The fourth-order valence-electron chi connectivity index (χ4n) is 1.64. The first-order valence-corrected chi connectivity index (χ1v) is 7.05. The minimum absolute atomic E-state index is 0.236. The molecule has 98 valence electrons. The van der Waals surface area contributed by atoms with Gasteiger partial charge in [-0.25, -0.2) is 0 Å². The summed E-state index contributed by atoms with van der Waals surface area (Å²) in [6, 6.07) is 10.5. The van der Waals surface area contributed by atoms with Crippen LogP contribution in [0, 0.1) is 6.92 Å².